The first-order valence-electron chi connectivity index (χ1n) is 12.1. The average Bonchev–Trinajstić information content (AvgIpc) is 3.25. The van der Waals surface area contributed by atoms with Gasteiger partial charge in [0.15, 0.2) is 0 Å². The van der Waals surface area contributed by atoms with E-state index in [1.807, 2.05) is 17.0 Å². The average molecular weight is 491 g/mol. The molecular weight excluding hydrogens is 456 g/mol. The van der Waals surface area contributed by atoms with Gasteiger partial charge in [0.25, 0.3) is 5.91 Å². The van der Waals surface area contributed by atoms with Gasteiger partial charge in [-0.15, -0.1) is 0 Å². The van der Waals surface area contributed by atoms with Crippen LogP contribution in [0.1, 0.15) is 45.5 Å². The van der Waals surface area contributed by atoms with Gasteiger partial charge in [0.05, 0.1) is 11.5 Å². The van der Waals surface area contributed by atoms with Gasteiger partial charge in [-0.05, 0) is 112 Å². The van der Waals surface area contributed by atoms with Crippen LogP contribution in [0.5, 0.6) is 11.5 Å². The molecule has 0 saturated heterocycles. The Bertz CT molecular complexity index is 1210. The van der Waals surface area contributed by atoms with Crippen molar-refractivity contribution in [3.8, 4) is 11.5 Å². The zero-order chi connectivity index (χ0) is 24.9. The van der Waals surface area contributed by atoms with Crippen molar-refractivity contribution < 1.29 is 14.6 Å². The lowest BCUT2D eigenvalue weighted by molar-refractivity contribution is 0.0751. The highest BCUT2D eigenvalue weighted by Gasteiger charge is 2.25. The van der Waals surface area contributed by atoms with Crippen molar-refractivity contribution in [1.29, 1.82) is 0 Å². The van der Waals surface area contributed by atoms with Gasteiger partial charge in [-0.3, -0.25) is 4.79 Å². The SMILES string of the molecule is Cc1ccc(Sc2cc(C(=O)N3Cc4ccc(OCCCCN(C)C)cc4C3)ccc2O)cc1C. The number of amides is 1. The van der Waals surface area contributed by atoms with Crippen LogP contribution in [0.15, 0.2) is 64.4 Å². The van der Waals surface area contributed by atoms with Crippen molar-refractivity contribution in [2.75, 3.05) is 27.2 Å². The molecule has 0 spiro atoms. The molecule has 6 heteroatoms. The maximum absolute atomic E-state index is 13.3. The minimum absolute atomic E-state index is 0.0331. The Labute approximate surface area is 212 Å². The Morgan fingerprint density at radius 1 is 0.971 bits per heavy atom. The van der Waals surface area contributed by atoms with Gasteiger partial charge in [-0.25, -0.2) is 0 Å². The second kappa shape index (κ2) is 11.2. The molecule has 0 saturated carbocycles. The van der Waals surface area contributed by atoms with Crippen molar-refractivity contribution in [3.05, 3.63) is 82.4 Å². The van der Waals surface area contributed by atoms with Crippen LogP contribution in [0.25, 0.3) is 0 Å². The third-order valence-electron chi connectivity index (χ3n) is 6.37. The van der Waals surface area contributed by atoms with Gasteiger partial charge in [0.2, 0.25) is 0 Å². The smallest absolute Gasteiger partial charge is 0.254 e. The number of hydrogen-bond acceptors (Lipinski definition) is 5. The molecule has 0 atom stereocenters. The van der Waals surface area contributed by atoms with Crippen molar-refractivity contribution in [2.24, 2.45) is 0 Å². The zero-order valence-electron chi connectivity index (χ0n) is 21.0. The molecular formula is C29H34N2O3S. The Balaban J connectivity index is 1.40. The highest BCUT2D eigenvalue weighted by Crippen LogP contribution is 2.36. The summed E-state index contributed by atoms with van der Waals surface area (Å²) in [6.45, 7) is 7.06. The van der Waals surface area contributed by atoms with E-state index in [1.165, 1.54) is 22.9 Å². The molecule has 0 unspecified atom stereocenters. The number of phenols is 1. The van der Waals surface area contributed by atoms with E-state index in [2.05, 4.69) is 57.1 Å². The third kappa shape index (κ3) is 6.38. The number of benzene rings is 3. The van der Waals surface area contributed by atoms with Crippen LogP contribution in [-0.2, 0) is 13.1 Å². The van der Waals surface area contributed by atoms with Crippen molar-refractivity contribution >= 4 is 17.7 Å². The zero-order valence-corrected chi connectivity index (χ0v) is 21.8. The summed E-state index contributed by atoms with van der Waals surface area (Å²) in [5, 5.41) is 10.4. The van der Waals surface area contributed by atoms with Crippen LogP contribution in [0, 0.1) is 13.8 Å². The quantitative estimate of drug-likeness (QED) is 0.371. The number of nitrogens with zero attached hydrogens (tertiary/aromatic N) is 2. The van der Waals surface area contributed by atoms with E-state index in [0.29, 0.717) is 30.2 Å². The third-order valence-corrected chi connectivity index (χ3v) is 7.41. The van der Waals surface area contributed by atoms with Crippen LogP contribution in [0.2, 0.25) is 0 Å². The van der Waals surface area contributed by atoms with Gasteiger partial charge in [-0.2, -0.15) is 0 Å². The minimum Gasteiger partial charge on any atom is -0.507 e. The Morgan fingerprint density at radius 2 is 1.77 bits per heavy atom. The Hall–Kier alpha value is -2.96. The van der Waals surface area contributed by atoms with E-state index in [0.717, 1.165) is 41.2 Å². The molecule has 5 nitrogen and oxygen atoms in total. The lowest BCUT2D eigenvalue weighted by Gasteiger charge is -2.16. The Kier molecular flexibility index (Phi) is 8.04. The van der Waals surface area contributed by atoms with E-state index in [-0.39, 0.29) is 11.7 Å². The first-order valence-corrected chi connectivity index (χ1v) is 12.9. The van der Waals surface area contributed by atoms with E-state index >= 15 is 0 Å². The van der Waals surface area contributed by atoms with E-state index in [4.69, 9.17) is 4.74 Å². The maximum Gasteiger partial charge on any atom is 0.254 e. The molecule has 0 aliphatic carbocycles. The number of ether oxygens (including phenoxy) is 1. The lowest BCUT2D eigenvalue weighted by Crippen LogP contribution is -2.25. The molecule has 1 heterocycles. The number of carbonyl (C=O) groups is 1. The van der Waals surface area contributed by atoms with Crippen molar-refractivity contribution in [1.82, 2.24) is 9.80 Å². The number of carbonyl (C=O) groups excluding carboxylic acids is 1. The van der Waals surface area contributed by atoms with Gasteiger partial charge >= 0.3 is 0 Å². The summed E-state index contributed by atoms with van der Waals surface area (Å²) in [5.41, 5.74) is 5.30. The van der Waals surface area contributed by atoms with Gasteiger partial charge in [0, 0.05) is 23.5 Å². The number of phenolic OH excluding ortho intramolecular Hbond substituents is 1. The van der Waals surface area contributed by atoms with Crippen LogP contribution in [-0.4, -0.2) is 48.1 Å². The predicted octanol–water partition coefficient (Wildman–Crippen LogP) is 6.04. The number of fused-ring (bicyclic) bond motifs is 1. The van der Waals surface area contributed by atoms with E-state index in [9.17, 15) is 9.90 Å². The molecule has 0 aromatic heterocycles. The van der Waals surface area contributed by atoms with Gasteiger partial charge in [0.1, 0.15) is 11.5 Å². The van der Waals surface area contributed by atoms with Gasteiger partial charge < -0.3 is 19.6 Å². The fourth-order valence-electron chi connectivity index (χ4n) is 4.14. The standard InChI is InChI=1S/C29H34N2O3S/c1-20-7-11-26(15-21(20)2)35-28-17-22(9-12-27(28)32)29(33)31-18-23-8-10-25(16-24(23)19-31)34-14-6-5-13-30(3)4/h7-12,15-17,32H,5-6,13-14,18-19H2,1-4H3. The lowest BCUT2D eigenvalue weighted by atomic mass is 10.1. The normalized spacial score (nSPS) is 12.8. The van der Waals surface area contributed by atoms with Crippen LogP contribution < -0.4 is 4.74 Å². The highest BCUT2D eigenvalue weighted by atomic mass is 32.2. The number of hydrogen-bond donors (Lipinski definition) is 1. The second-order valence-electron chi connectivity index (χ2n) is 9.48. The number of unbranched alkanes of at least 4 members (excludes halogenated alkanes) is 1. The summed E-state index contributed by atoms with van der Waals surface area (Å²) >= 11 is 1.47. The van der Waals surface area contributed by atoms with E-state index in [1.54, 1.807) is 18.2 Å². The molecule has 3 aromatic rings. The molecule has 0 radical (unpaired) electrons. The molecule has 3 aromatic carbocycles. The summed E-state index contributed by atoms with van der Waals surface area (Å²) in [5.74, 6) is 1.01. The summed E-state index contributed by atoms with van der Waals surface area (Å²) in [7, 11) is 4.16. The number of aryl methyl sites for hydroxylation is 2. The fourth-order valence-corrected chi connectivity index (χ4v) is 5.12. The highest BCUT2D eigenvalue weighted by molar-refractivity contribution is 7.99. The first kappa shape index (κ1) is 25.1. The second-order valence-corrected chi connectivity index (χ2v) is 10.6. The molecule has 0 bridgehead atoms. The molecule has 1 N–H and O–H groups in total. The van der Waals surface area contributed by atoms with Crippen molar-refractivity contribution in [3.63, 3.8) is 0 Å². The molecule has 1 aliphatic heterocycles. The monoisotopic (exact) mass is 490 g/mol. The maximum atomic E-state index is 13.3. The molecule has 1 aliphatic rings. The minimum atomic E-state index is -0.0331. The van der Waals surface area contributed by atoms with Crippen molar-refractivity contribution in [2.45, 2.75) is 49.6 Å². The molecule has 184 valence electrons. The molecule has 1 amide bonds. The fraction of sp³-hybridized carbons (Fsp3) is 0.345. The number of rotatable bonds is 9. The number of aromatic hydroxyl groups is 1. The molecule has 35 heavy (non-hydrogen) atoms. The van der Waals surface area contributed by atoms with Crippen LogP contribution >= 0.6 is 11.8 Å². The first-order chi connectivity index (χ1) is 16.8. The summed E-state index contributed by atoms with van der Waals surface area (Å²) < 4.78 is 5.94. The molecule has 0 fully saturated rings. The predicted molar refractivity (Wildman–Crippen MR) is 141 cm³/mol. The topological polar surface area (TPSA) is 53.0 Å². The van der Waals surface area contributed by atoms with Gasteiger partial charge in [-0.1, -0.05) is 23.9 Å². The Morgan fingerprint density at radius 3 is 2.54 bits per heavy atom. The summed E-state index contributed by atoms with van der Waals surface area (Å²) in [4.78, 5) is 19.1. The largest absolute Gasteiger partial charge is 0.507 e. The van der Waals surface area contributed by atoms with E-state index < -0.39 is 0 Å². The van der Waals surface area contributed by atoms with Crippen LogP contribution in [0.4, 0.5) is 0 Å². The van der Waals surface area contributed by atoms with Crippen LogP contribution in [0.3, 0.4) is 0 Å². The summed E-state index contributed by atoms with van der Waals surface area (Å²) in [6, 6.07) is 17.5. The summed E-state index contributed by atoms with van der Waals surface area (Å²) in [6.07, 6.45) is 2.12. The molecule has 4 rings (SSSR count).